The summed E-state index contributed by atoms with van der Waals surface area (Å²) in [5.74, 6) is -0.461. The molecule has 0 aliphatic heterocycles. The van der Waals surface area contributed by atoms with Crippen molar-refractivity contribution in [3.63, 3.8) is 0 Å². The minimum atomic E-state index is -3.06. The van der Waals surface area contributed by atoms with Gasteiger partial charge in [-0.25, -0.2) is 13.2 Å². The van der Waals surface area contributed by atoms with Gasteiger partial charge in [0, 0.05) is 25.5 Å². The fourth-order valence-corrected chi connectivity index (χ4v) is 2.29. The number of hydrogen-bond donors (Lipinski definition) is 1. The first kappa shape index (κ1) is 16.3. The van der Waals surface area contributed by atoms with Gasteiger partial charge in [0.2, 0.25) is 0 Å². The molecule has 0 unspecified atom stereocenters. The van der Waals surface area contributed by atoms with Crippen LogP contribution >= 0.6 is 0 Å². The minimum Gasteiger partial charge on any atom is -0.462 e. The maximum absolute atomic E-state index is 11.9. The summed E-state index contributed by atoms with van der Waals surface area (Å²) in [5, 5.41) is 0. The number of sulfone groups is 1. The first-order valence-electron chi connectivity index (χ1n) is 6.20. The van der Waals surface area contributed by atoms with Gasteiger partial charge in [0.05, 0.1) is 23.6 Å². The summed E-state index contributed by atoms with van der Waals surface area (Å²) in [6.07, 6.45) is 1.18. The second-order valence-electron chi connectivity index (χ2n) is 4.55. The molecule has 0 atom stereocenters. The minimum absolute atomic E-state index is 0.0101. The molecule has 0 bridgehead atoms. The van der Waals surface area contributed by atoms with Crippen LogP contribution in [0.2, 0.25) is 0 Å². The van der Waals surface area contributed by atoms with Gasteiger partial charge < -0.3 is 15.4 Å². The molecule has 1 aromatic carbocycles. The van der Waals surface area contributed by atoms with Gasteiger partial charge in [-0.3, -0.25) is 0 Å². The number of esters is 1. The number of rotatable bonds is 6. The number of carbonyl (C=O) groups is 1. The maximum Gasteiger partial charge on any atom is 0.340 e. The van der Waals surface area contributed by atoms with E-state index < -0.39 is 15.8 Å². The van der Waals surface area contributed by atoms with Crippen LogP contribution in [0.25, 0.3) is 0 Å². The number of carbonyl (C=O) groups excluding carboxylic acids is 1. The Kier molecular flexibility index (Phi) is 5.38. The second kappa shape index (κ2) is 6.60. The van der Waals surface area contributed by atoms with Crippen LogP contribution in [0.5, 0.6) is 0 Å². The number of anilines is 2. The number of ether oxygens (including phenoxy) is 1. The Bertz CT molecular complexity index is 584. The molecule has 1 rings (SSSR count). The topological polar surface area (TPSA) is 89.7 Å². The second-order valence-corrected chi connectivity index (χ2v) is 6.81. The SMILES string of the molecule is CCOC(=O)c1cc(N)ccc1N(C)CCS(C)(=O)=O. The predicted molar refractivity (Wildman–Crippen MR) is 79.8 cm³/mol. The largest absolute Gasteiger partial charge is 0.462 e. The number of nitrogen functional groups attached to an aromatic ring is 1. The average Bonchev–Trinajstić information content (AvgIpc) is 2.35. The molecule has 0 aliphatic carbocycles. The molecule has 0 fully saturated rings. The van der Waals surface area contributed by atoms with E-state index in [1.54, 1.807) is 31.0 Å². The Hall–Kier alpha value is -1.76. The fourth-order valence-electron chi connectivity index (χ4n) is 1.68. The highest BCUT2D eigenvalue weighted by Gasteiger charge is 2.16. The third-order valence-corrected chi connectivity index (χ3v) is 3.65. The molecule has 0 amide bonds. The standard InChI is InChI=1S/C13H20N2O4S/c1-4-19-13(16)11-9-10(14)5-6-12(11)15(2)7-8-20(3,17)18/h5-6,9H,4,7-8,14H2,1-3H3. The Balaban J connectivity index is 3.01. The van der Waals surface area contributed by atoms with Crippen molar-refractivity contribution in [3.8, 4) is 0 Å². The van der Waals surface area contributed by atoms with Crippen molar-refractivity contribution in [2.75, 3.05) is 42.8 Å². The van der Waals surface area contributed by atoms with Crippen molar-refractivity contribution in [1.29, 1.82) is 0 Å². The third-order valence-electron chi connectivity index (χ3n) is 2.72. The molecule has 0 radical (unpaired) electrons. The van der Waals surface area contributed by atoms with Gasteiger partial charge in [-0.1, -0.05) is 0 Å². The normalized spacial score (nSPS) is 11.2. The van der Waals surface area contributed by atoms with Gasteiger partial charge in [0.1, 0.15) is 9.84 Å². The van der Waals surface area contributed by atoms with Crippen molar-refractivity contribution in [3.05, 3.63) is 23.8 Å². The van der Waals surface area contributed by atoms with Crippen LogP contribution in [0.1, 0.15) is 17.3 Å². The summed E-state index contributed by atoms with van der Waals surface area (Å²) in [6, 6.07) is 4.88. The molecule has 6 nitrogen and oxygen atoms in total. The lowest BCUT2D eigenvalue weighted by Gasteiger charge is -2.21. The molecule has 112 valence electrons. The van der Waals surface area contributed by atoms with Gasteiger partial charge in [0.15, 0.2) is 0 Å². The van der Waals surface area contributed by atoms with Crippen LogP contribution in [0.4, 0.5) is 11.4 Å². The Labute approximate surface area is 119 Å². The zero-order valence-electron chi connectivity index (χ0n) is 11.9. The lowest BCUT2D eigenvalue weighted by molar-refractivity contribution is 0.0527. The summed E-state index contributed by atoms with van der Waals surface area (Å²) in [7, 11) is -1.34. The first-order valence-corrected chi connectivity index (χ1v) is 8.26. The van der Waals surface area contributed by atoms with Gasteiger partial charge in [-0.2, -0.15) is 0 Å². The van der Waals surface area contributed by atoms with E-state index in [4.69, 9.17) is 10.5 Å². The number of hydrogen-bond acceptors (Lipinski definition) is 6. The summed E-state index contributed by atoms with van der Waals surface area (Å²) in [5.41, 5.74) is 7.07. The molecule has 0 spiro atoms. The molecule has 0 aliphatic rings. The molecule has 7 heteroatoms. The molecule has 2 N–H and O–H groups in total. The number of benzene rings is 1. The molecule has 0 heterocycles. The van der Waals surface area contributed by atoms with Crippen molar-refractivity contribution >= 4 is 27.2 Å². The zero-order chi connectivity index (χ0) is 15.3. The Morgan fingerprint density at radius 1 is 1.40 bits per heavy atom. The van der Waals surface area contributed by atoms with E-state index >= 15 is 0 Å². The van der Waals surface area contributed by atoms with Gasteiger partial charge >= 0.3 is 5.97 Å². The van der Waals surface area contributed by atoms with E-state index in [1.165, 1.54) is 12.3 Å². The van der Waals surface area contributed by atoms with Crippen molar-refractivity contribution in [1.82, 2.24) is 0 Å². The molecule has 0 saturated carbocycles. The van der Waals surface area contributed by atoms with Crippen LogP contribution in [-0.4, -0.2) is 46.6 Å². The lowest BCUT2D eigenvalue weighted by Crippen LogP contribution is -2.26. The Morgan fingerprint density at radius 3 is 2.60 bits per heavy atom. The summed E-state index contributed by atoms with van der Waals surface area (Å²) in [6.45, 7) is 2.27. The average molecular weight is 300 g/mol. The highest BCUT2D eigenvalue weighted by Crippen LogP contribution is 2.23. The molecule has 20 heavy (non-hydrogen) atoms. The van der Waals surface area contributed by atoms with Crippen molar-refractivity contribution in [2.45, 2.75) is 6.92 Å². The highest BCUT2D eigenvalue weighted by atomic mass is 32.2. The van der Waals surface area contributed by atoms with Crippen LogP contribution in [0.15, 0.2) is 18.2 Å². The van der Waals surface area contributed by atoms with E-state index in [2.05, 4.69) is 0 Å². The van der Waals surface area contributed by atoms with Crippen LogP contribution in [-0.2, 0) is 14.6 Å². The molecular weight excluding hydrogens is 280 g/mol. The van der Waals surface area contributed by atoms with E-state index in [0.29, 0.717) is 16.9 Å². The van der Waals surface area contributed by atoms with Gasteiger partial charge in [-0.15, -0.1) is 0 Å². The smallest absolute Gasteiger partial charge is 0.340 e. The van der Waals surface area contributed by atoms with E-state index in [0.717, 1.165) is 0 Å². The van der Waals surface area contributed by atoms with Crippen molar-refractivity contribution in [2.24, 2.45) is 0 Å². The maximum atomic E-state index is 11.9. The first-order chi connectivity index (χ1) is 9.24. The molecule has 1 aromatic rings. The van der Waals surface area contributed by atoms with Crippen LogP contribution < -0.4 is 10.6 Å². The van der Waals surface area contributed by atoms with E-state index in [9.17, 15) is 13.2 Å². The molecule has 0 saturated heterocycles. The summed E-state index contributed by atoms with van der Waals surface area (Å²) in [4.78, 5) is 13.6. The Morgan fingerprint density at radius 2 is 2.05 bits per heavy atom. The zero-order valence-corrected chi connectivity index (χ0v) is 12.7. The number of nitrogens with zero attached hydrogens (tertiary/aromatic N) is 1. The predicted octanol–water partition coefficient (Wildman–Crippen LogP) is 0.926. The van der Waals surface area contributed by atoms with Crippen LogP contribution in [0, 0.1) is 0 Å². The highest BCUT2D eigenvalue weighted by molar-refractivity contribution is 7.90. The fraction of sp³-hybridized carbons (Fsp3) is 0.462. The quantitative estimate of drug-likeness (QED) is 0.621. The van der Waals surface area contributed by atoms with E-state index in [-0.39, 0.29) is 18.9 Å². The third kappa shape index (κ3) is 4.73. The van der Waals surface area contributed by atoms with Gasteiger partial charge in [-0.05, 0) is 25.1 Å². The van der Waals surface area contributed by atoms with Crippen molar-refractivity contribution < 1.29 is 17.9 Å². The lowest BCUT2D eigenvalue weighted by atomic mass is 10.1. The number of nitrogens with two attached hydrogens (primary N) is 1. The van der Waals surface area contributed by atoms with E-state index in [1.807, 2.05) is 0 Å². The van der Waals surface area contributed by atoms with Gasteiger partial charge in [0.25, 0.3) is 0 Å². The summed E-state index contributed by atoms with van der Waals surface area (Å²) < 4.78 is 27.4. The summed E-state index contributed by atoms with van der Waals surface area (Å²) >= 11 is 0. The van der Waals surface area contributed by atoms with Crippen LogP contribution in [0.3, 0.4) is 0 Å². The molecular formula is C13H20N2O4S. The molecule has 0 aromatic heterocycles. The monoisotopic (exact) mass is 300 g/mol.